The summed E-state index contributed by atoms with van der Waals surface area (Å²) in [5.74, 6) is -0.528. The lowest BCUT2D eigenvalue weighted by molar-refractivity contribution is 0.480. The molecular weight excluding hydrogens is 529 g/mol. The van der Waals surface area contributed by atoms with Gasteiger partial charge in [0.1, 0.15) is 0 Å². The maximum atomic E-state index is 9.79. The van der Waals surface area contributed by atoms with Crippen molar-refractivity contribution in [1.29, 1.82) is 0 Å². The van der Waals surface area contributed by atoms with Gasteiger partial charge in [-0.3, -0.25) is 18.2 Å². The third-order valence-corrected chi connectivity index (χ3v) is 5.54. The highest BCUT2D eigenvalue weighted by molar-refractivity contribution is 7.86. The van der Waals surface area contributed by atoms with Crippen molar-refractivity contribution in [2.75, 3.05) is 23.0 Å². The second kappa shape index (κ2) is 22.5. The van der Waals surface area contributed by atoms with E-state index in [1.54, 1.807) is 27.7 Å². The van der Waals surface area contributed by atoms with Crippen LogP contribution in [0.3, 0.4) is 0 Å². The average Bonchev–Trinajstić information content (AvgIpc) is 2.34. The van der Waals surface area contributed by atoms with Crippen LogP contribution in [-0.4, -0.2) is 74.9 Å². The molecular formula is C12H36O12S6. The van der Waals surface area contributed by atoms with Gasteiger partial charge in [-0.15, -0.1) is 0 Å². The summed E-state index contributed by atoms with van der Waals surface area (Å²) < 4.78 is 110. The molecule has 0 bridgehead atoms. The third kappa shape index (κ3) is 79.3. The summed E-state index contributed by atoms with van der Waals surface area (Å²) in [4.78, 5) is 0. The molecule has 0 heterocycles. The molecule has 0 unspecified atom stereocenters. The monoisotopic (exact) mass is 564 g/mol. The molecule has 12 nitrogen and oxygen atoms in total. The van der Waals surface area contributed by atoms with Crippen molar-refractivity contribution in [3.63, 3.8) is 0 Å². The molecule has 0 aliphatic rings. The first-order chi connectivity index (χ1) is 12.2. The SMILES string of the molecule is CCCS(=O)(=O)O.CCCS(=O)(=O)O.CCCS(=O)(=O)O.CCCS(=O)(=O)O.S.S. The third-order valence-electron chi connectivity index (χ3n) is 1.85. The van der Waals surface area contributed by atoms with Gasteiger partial charge in [0.25, 0.3) is 40.5 Å². The summed E-state index contributed by atoms with van der Waals surface area (Å²) >= 11 is 0. The predicted octanol–water partition coefficient (Wildman–Crippen LogP) is 1.36. The van der Waals surface area contributed by atoms with Crippen LogP contribution in [0.4, 0.5) is 0 Å². The molecule has 30 heavy (non-hydrogen) atoms. The molecule has 0 atom stereocenters. The molecule has 0 spiro atoms. The summed E-state index contributed by atoms with van der Waals surface area (Å²) in [5, 5.41) is 0. The molecule has 4 N–H and O–H groups in total. The van der Waals surface area contributed by atoms with Crippen molar-refractivity contribution in [1.82, 2.24) is 0 Å². The molecule has 0 aromatic carbocycles. The minimum absolute atomic E-state index is 0. The minimum Gasteiger partial charge on any atom is -0.286 e. The Bertz CT molecular complexity index is 634. The van der Waals surface area contributed by atoms with Crippen LogP contribution in [0.5, 0.6) is 0 Å². The molecule has 0 saturated carbocycles. The highest BCUT2D eigenvalue weighted by Crippen LogP contribution is 1.85. The van der Waals surface area contributed by atoms with E-state index in [9.17, 15) is 33.7 Å². The van der Waals surface area contributed by atoms with E-state index in [2.05, 4.69) is 0 Å². The summed E-state index contributed by atoms with van der Waals surface area (Å²) in [6, 6.07) is 0. The molecule has 0 amide bonds. The fourth-order valence-corrected chi connectivity index (χ4v) is 3.10. The van der Waals surface area contributed by atoms with Gasteiger partial charge in [-0.2, -0.15) is 60.7 Å². The van der Waals surface area contributed by atoms with Crippen LogP contribution in [-0.2, 0) is 40.5 Å². The molecule has 0 aromatic rings. The number of hydrogen-bond acceptors (Lipinski definition) is 8. The highest BCUT2D eigenvalue weighted by Gasteiger charge is 1.99. The van der Waals surface area contributed by atoms with Gasteiger partial charge >= 0.3 is 0 Å². The molecule has 0 fully saturated rings. The van der Waals surface area contributed by atoms with E-state index in [1.165, 1.54) is 0 Å². The van der Waals surface area contributed by atoms with Crippen LogP contribution in [0, 0.1) is 0 Å². The van der Waals surface area contributed by atoms with E-state index >= 15 is 0 Å². The lowest BCUT2D eigenvalue weighted by atomic mass is 10.6. The number of hydrogen-bond donors (Lipinski definition) is 4. The van der Waals surface area contributed by atoms with Gasteiger partial charge in [0.15, 0.2) is 0 Å². The van der Waals surface area contributed by atoms with Crippen molar-refractivity contribution in [3.05, 3.63) is 0 Å². The van der Waals surface area contributed by atoms with Gasteiger partial charge in [-0.05, 0) is 25.7 Å². The Morgan fingerprint density at radius 1 is 0.400 bits per heavy atom. The van der Waals surface area contributed by atoms with Crippen LogP contribution < -0.4 is 0 Å². The van der Waals surface area contributed by atoms with E-state index in [1.807, 2.05) is 0 Å². The Morgan fingerprint density at radius 2 is 0.500 bits per heavy atom. The maximum Gasteiger partial charge on any atom is 0.264 e. The lowest BCUT2D eigenvalue weighted by Crippen LogP contribution is -2.01. The molecule has 0 aromatic heterocycles. The van der Waals surface area contributed by atoms with Crippen molar-refractivity contribution in [2.45, 2.75) is 53.4 Å². The zero-order valence-corrected chi connectivity index (χ0v) is 22.6. The largest absolute Gasteiger partial charge is 0.286 e. The Kier molecular flexibility index (Phi) is 33.1. The van der Waals surface area contributed by atoms with Gasteiger partial charge in [-0.1, -0.05) is 27.7 Å². The Balaban J connectivity index is -0.0000000626. The molecule has 0 aliphatic carbocycles. The standard InChI is InChI=1S/4C3H8O3S.2H2S/c4*1-2-3-7(4,5)6;;/h4*2-3H2,1H3,(H,4,5,6);2*1H2. The minimum atomic E-state index is -3.67. The zero-order valence-electron chi connectivity index (χ0n) is 17.3. The van der Waals surface area contributed by atoms with Crippen LogP contribution >= 0.6 is 27.0 Å². The molecule has 192 valence electrons. The maximum absolute atomic E-state index is 9.79. The van der Waals surface area contributed by atoms with Crippen LogP contribution in [0.2, 0.25) is 0 Å². The first kappa shape index (κ1) is 44.1. The van der Waals surface area contributed by atoms with Crippen molar-refractivity contribution in [2.24, 2.45) is 0 Å². The quantitative estimate of drug-likeness (QED) is 0.307. The van der Waals surface area contributed by atoms with E-state index in [0.29, 0.717) is 25.7 Å². The van der Waals surface area contributed by atoms with Gasteiger partial charge in [0, 0.05) is 0 Å². The summed E-state index contributed by atoms with van der Waals surface area (Å²) in [5.41, 5.74) is 0. The van der Waals surface area contributed by atoms with Gasteiger partial charge in [-0.25, -0.2) is 0 Å². The molecule has 0 aliphatic heterocycles. The van der Waals surface area contributed by atoms with Gasteiger partial charge in [0.2, 0.25) is 0 Å². The second-order valence-corrected chi connectivity index (χ2v) is 11.4. The average molecular weight is 565 g/mol. The fraction of sp³-hybridized carbons (Fsp3) is 1.00. The van der Waals surface area contributed by atoms with Gasteiger partial charge < -0.3 is 0 Å². The van der Waals surface area contributed by atoms with E-state index in [0.717, 1.165) is 0 Å². The Morgan fingerprint density at radius 3 is 0.500 bits per heavy atom. The molecule has 18 heteroatoms. The number of rotatable bonds is 8. The van der Waals surface area contributed by atoms with E-state index in [-0.39, 0.29) is 50.0 Å². The Labute approximate surface area is 195 Å². The van der Waals surface area contributed by atoms with Gasteiger partial charge in [0.05, 0.1) is 23.0 Å². The Hall–Kier alpha value is 0.340. The van der Waals surface area contributed by atoms with E-state index in [4.69, 9.17) is 18.2 Å². The highest BCUT2D eigenvalue weighted by atomic mass is 32.2. The topological polar surface area (TPSA) is 217 Å². The lowest BCUT2D eigenvalue weighted by Gasteiger charge is -1.86. The first-order valence-corrected chi connectivity index (χ1v) is 14.5. The van der Waals surface area contributed by atoms with Crippen LogP contribution in [0.25, 0.3) is 0 Å². The van der Waals surface area contributed by atoms with E-state index < -0.39 is 40.5 Å². The van der Waals surface area contributed by atoms with Crippen LogP contribution in [0.15, 0.2) is 0 Å². The normalized spacial score (nSPS) is 10.9. The molecule has 0 rings (SSSR count). The van der Waals surface area contributed by atoms with Crippen molar-refractivity contribution in [3.8, 4) is 0 Å². The first-order valence-electron chi connectivity index (χ1n) is 8.05. The van der Waals surface area contributed by atoms with Crippen molar-refractivity contribution >= 4 is 67.5 Å². The smallest absolute Gasteiger partial charge is 0.264 e. The summed E-state index contributed by atoms with van der Waals surface area (Å²) in [7, 11) is -14.7. The summed E-state index contributed by atoms with van der Waals surface area (Å²) in [6.07, 6.45) is 1.88. The second-order valence-electron chi connectivity index (χ2n) is 5.14. The molecule has 0 radical (unpaired) electrons. The predicted molar refractivity (Wildman–Crippen MR) is 128 cm³/mol. The van der Waals surface area contributed by atoms with Crippen molar-refractivity contribution < 1.29 is 51.9 Å². The fourth-order valence-electron chi connectivity index (χ4n) is 1.03. The zero-order chi connectivity index (χ0) is 23.7. The van der Waals surface area contributed by atoms with Crippen LogP contribution in [0.1, 0.15) is 53.4 Å². The summed E-state index contributed by atoms with van der Waals surface area (Å²) in [6.45, 7) is 6.75. The molecule has 0 saturated heterocycles.